The summed E-state index contributed by atoms with van der Waals surface area (Å²) in [4.78, 5) is 2.42. The van der Waals surface area contributed by atoms with Crippen LogP contribution in [0.3, 0.4) is 0 Å². The smallest absolute Gasteiger partial charge is 0.252 e. The van der Waals surface area contributed by atoms with Gasteiger partial charge in [0, 0.05) is 43.9 Å². The molecule has 2 heterocycles. The van der Waals surface area contributed by atoms with Gasteiger partial charge in [-0.2, -0.15) is 0 Å². The molecule has 0 aromatic heterocycles. The Morgan fingerprint density at radius 1 is 0.512 bits per heavy atom. The quantitative estimate of drug-likeness (QED) is 0.216. The predicted molar refractivity (Wildman–Crippen MR) is 176 cm³/mol. The Morgan fingerprint density at radius 3 is 1.80 bits per heavy atom. The molecule has 6 aromatic carbocycles. The van der Waals surface area contributed by atoms with Crippen LogP contribution in [0.1, 0.15) is 0 Å². The van der Waals surface area contributed by atoms with Crippen LogP contribution in [0.2, 0.25) is 10.0 Å². The zero-order valence-corrected chi connectivity index (χ0v) is 23.5. The Labute approximate surface area is 249 Å². The summed E-state index contributed by atoms with van der Waals surface area (Å²) in [5, 5.41) is 5.11. The first-order valence-corrected chi connectivity index (χ1v) is 14.5. The second kappa shape index (κ2) is 9.59. The van der Waals surface area contributed by atoms with Gasteiger partial charge in [0.25, 0.3) is 6.71 Å². The van der Waals surface area contributed by atoms with Crippen molar-refractivity contribution < 1.29 is 0 Å². The lowest BCUT2D eigenvalue weighted by atomic mass is 9.33. The first-order valence-electron chi connectivity index (χ1n) is 13.7. The summed E-state index contributed by atoms with van der Waals surface area (Å²) in [7, 11) is 0. The fraction of sp³-hybridized carbons (Fsp3) is 0. The molecule has 0 saturated heterocycles. The van der Waals surface area contributed by atoms with E-state index in [-0.39, 0.29) is 6.71 Å². The normalized spacial score (nSPS) is 12.7. The van der Waals surface area contributed by atoms with Crippen molar-refractivity contribution in [2.24, 2.45) is 0 Å². The highest BCUT2D eigenvalue weighted by Crippen LogP contribution is 2.48. The van der Waals surface area contributed by atoms with Gasteiger partial charge in [0.1, 0.15) is 0 Å². The lowest BCUT2D eigenvalue weighted by Gasteiger charge is -2.42. The van der Waals surface area contributed by atoms with Crippen LogP contribution < -0.4 is 26.6 Å². The summed E-state index contributed by atoms with van der Waals surface area (Å²) in [5.41, 5.74) is 13.8. The number of halogens is 2. The molecule has 0 fully saturated rings. The van der Waals surface area contributed by atoms with Gasteiger partial charge in [-0.25, -0.2) is 0 Å². The Morgan fingerprint density at radius 2 is 1.12 bits per heavy atom. The van der Waals surface area contributed by atoms with Crippen molar-refractivity contribution in [3.63, 3.8) is 0 Å². The van der Waals surface area contributed by atoms with E-state index in [0.717, 1.165) is 50.7 Å². The minimum absolute atomic E-state index is 0.0438. The summed E-state index contributed by atoms with van der Waals surface area (Å²) >= 11 is 13.2. The standard InChI is InChI=1S/C36H23BCl2N2/c38-25-17-19-29-32(21-25)40-31-15-8-16-33-35(31)37(29)30-20-18-26(39)22-34(30)41(33)36-27(23-9-3-1-4-10-23)13-7-14-28(36)24-11-5-2-6-12-24/h1-22,40H. The van der Waals surface area contributed by atoms with Crippen molar-refractivity contribution >= 4 is 74.7 Å². The minimum atomic E-state index is 0.0438. The van der Waals surface area contributed by atoms with Crippen LogP contribution in [-0.2, 0) is 0 Å². The highest BCUT2D eigenvalue weighted by molar-refractivity contribution is 7.00. The first-order chi connectivity index (χ1) is 20.2. The molecule has 1 N–H and O–H groups in total. The van der Waals surface area contributed by atoms with Crippen molar-refractivity contribution in [2.45, 2.75) is 0 Å². The molecule has 8 rings (SSSR count). The Bertz CT molecular complexity index is 1900. The third-order valence-electron chi connectivity index (χ3n) is 8.18. The van der Waals surface area contributed by atoms with Gasteiger partial charge in [0.15, 0.2) is 0 Å². The summed E-state index contributed by atoms with van der Waals surface area (Å²) in [6, 6.07) is 46.8. The molecule has 0 amide bonds. The second-order valence-electron chi connectivity index (χ2n) is 10.5. The zero-order valence-electron chi connectivity index (χ0n) is 22.0. The summed E-state index contributed by atoms with van der Waals surface area (Å²) in [6.07, 6.45) is 0. The number of nitrogens with zero attached hydrogens (tertiary/aromatic N) is 1. The molecule has 0 unspecified atom stereocenters. The monoisotopic (exact) mass is 564 g/mol. The van der Waals surface area contributed by atoms with Gasteiger partial charge < -0.3 is 10.2 Å². The SMILES string of the molecule is Clc1ccc2c(c1)Nc1cccc3c1B2c1ccc(Cl)cc1N3c1c(-c2ccccc2)cccc1-c1ccccc1. The Kier molecular flexibility index (Phi) is 5.70. The van der Waals surface area contributed by atoms with E-state index in [1.165, 1.54) is 16.4 Å². The second-order valence-corrected chi connectivity index (χ2v) is 11.4. The fourth-order valence-electron chi connectivity index (χ4n) is 6.48. The van der Waals surface area contributed by atoms with Crippen LogP contribution in [0.25, 0.3) is 22.3 Å². The van der Waals surface area contributed by atoms with Crippen molar-refractivity contribution in [1.82, 2.24) is 0 Å². The van der Waals surface area contributed by atoms with E-state index in [4.69, 9.17) is 23.2 Å². The molecule has 0 atom stereocenters. The molecule has 2 nitrogen and oxygen atoms in total. The first kappa shape index (κ1) is 24.4. The average Bonchev–Trinajstić information content (AvgIpc) is 3.01. The maximum absolute atomic E-state index is 6.77. The van der Waals surface area contributed by atoms with Crippen LogP contribution >= 0.6 is 23.2 Å². The van der Waals surface area contributed by atoms with E-state index in [2.05, 4.69) is 125 Å². The summed E-state index contributed by atoms with van der Waals surface area (Å²) in [5.74, 6) is 0. The number of benzene rings is 6. The molecule has 0 saturated carbocycles. The molecule has 5 heteroatoms. The van der Waals surface area contributed by atoms with Gasteiger partial charge in [-0.1, -0.05) is 120 Å². The van der Waals surface area contributed by atoms with Crippen LogP contribution in [0.15, 0.2) is 133 Å². The third kappa shape index (κ3) is 3.88. The predicted octanol–water partition coefficient (Wildman–Crippen LogP) is 8.68. The van der Waals surface area contributed by atoms with E-state index in [9.17, 15) is 0 Å². The third-order valence-corrected chi connectivity index (χ3v) is 8.65. The molecule has 194 valence electrons. The number of nitrogens with one attached hydrogen (secondary N) is 1. The van der Waals surface area contributed by atoms with Crippen LogP contribution in [0.4, 0.5) is 28.4 Å². The lowest BCUT2D eigenvalue weighted by molar-refractivity contribution is 1.29. The molecule has 0 spiro atoms. The largest absolute Gasteiger partial charge is 0.356 e. The molecule has 2 aliphatic heterocycles. The van der Waals surface area contributed by atoms with Crippen LogP contribution in [0, 0.1) is 0 Å². The van der Waals surface area contributed by atoms with Gasteiger partial charge >= 0.3 is 0 Å². The van der Waals surface area contributed by atoms with Crippen molar-refractivity contribution in [2.75, 3.05) is 10.2 Å². The van der Waals surface area contributed by atoms with E-state index < -0.39 is 0 Å². The highest BCUT2D eigenvalue weighted by atomic mass is 35.5. The van der Waals surface area contributed by atoms with E-state index in [1.54, 1.807) is 0 Å². The van der Waals surface area contributed by atoms with Crippen LogP contribution in [0.5, 0.6) is 0 Å². The molecule has 0 bridgehead atoms. The van der Waals surface area contributed by atoms with E-state index in [0.29, 0.717) is 10.0 Å². The van der Waals surface area contributed by atoms with E-state index in [1.807, 2.05) is 18.2 Å². The van der Waals surface area contributed by atoms with Gasteiger partial charge in [-0.3, -0.25) is 0 Å². The Balaban J connectivity index is 1.48. The maximum Gasteiger partial charge on any atom is 0.252 e. The van der Waals surface area contributed by atoms with Crippen molar-refractivity contribution in [1.29, 1.82) is 0 Å². The topological polar surface area (TPSA) is 15.3 Å². The molecule has 0 radical (unpaired) electrons. The molecule has 2 aliphatic rings. The zero-order chi connectivity index (χ0) is 27.5. The van der Waals surface area contributed by atoms with Crippen molar-refractivity contribution in [3.8, 4) is 22.3 Å². The number of fused-ring (bicyclic) bond motifs is 4. The number of anilines is 5. The molecule has 6 aromatic rings. The molecular weight excluding hydrogens is 542 g/mol. The van der Waals surface area contributed by atoms with Gasteiger partial charge in [-0.15, -0.1) is 0 Å². The number of rotatable bonds is 3. The maximum atomic E-state index is 6.77. The van der Waals surface area contributed by atoms with E-state index >= 15 is 0 Å². The molecule has 41 heavy (non-hydrogen) atoms. The summed E-state index contributed by atoms with van der Waals surface area (Å²) in [6.45, 7) is 0.0438. The lowest BCUT2D eigenvalue weighted by Crippen LogP contribution is -2.60. The number of hydrogen-bond donors (Lipinski definition) is 1. The fourth-order valence-corrected chi connectivity index (χ4v) is 6.82. The number of hydrogen-bond acceptors (Lipinski definition) is 2. The minimum Gasteiger partial charge on any atom is -0.356 e. The average molecular weight is 565 g/mol. The van der Waals surface area contributed by atoms with Gasteiger partial charge in [-0.05, 0) is 63.9 Å². The number of para-hydroxylation sites is 1. The Hall–Kier alpha value is -4.44. The summed E-state index contributed by atoms with van der Waals surface area (Å²) < 4.78 is 0. The van der Waals surface area contributed by atoms with Crippen molar-refractivity contribution in [3.05, 3.63) is 144 Å². The van der Waals surface area contributed by atoms with Gasteiger partial charge in [0.05, 0.1) is 5.69 Å². The molecule has 0 aliphatic carbocycles. The molecular formula is C36H23BCl2N2. The van der Waals surface area contributed by atoms with Crippen LogP contribution in [-0.4, -0.2) is 6.71 Å². The highest BCUT2D eigenvalue weighted by Gasteiger charge is 2.41. The van der Waals surface area contributed by atoms with Gasteiger partial charge in [0.2, 0.25) is 0 Å².